The number of halogens is 1. The second-order valence-corrected chi connectivity index (χ2v) is 5.65. The summed E-state index contributed by atoms with van der Waals surface area (Å²) in [5, 5.41) is 14.9. The Morgan fingerprint density at radius 2 is 2.08 bits per heavy atom. The van der Waals surface area contributed by atoms with Gasteiger partial charge in [-0.15, -0.1) is 0 Å². The molecule has 1 aliphatic carbocycles. The number of carbonyl (C=O) groups excluding carboxylic acids is 1. The van der Waals surface area contributed by atoms with Crippen molar-refractivity contribution in [3.63, 3.8) is 0 Å². The summed E-state index contributed by atoms with van der Waals surface area (Å²) in [5.74, 6) is -0.352. The number of aliphatic hydroxyl groups excluding tert-OH is 1. The van der Waals surface area contributed by atoms with Crippen LogP contribution in [0.25, 0.3) is 0 Å². The number of hydrogen-bond donors (Lipinski definition) is 3. The van der Waals surface area contributed by atoms with Crippen molar-refractivity contribution in [3.05, 3.63) is 66.1 Å². The molecule has 1 heterocycles. The first-order valence-electron chi connectivity index (χ1n) is 7.74. The first kappa shape index (κ1) is 16.1. The molecule has 0 spiro atoms. The molecule has 2 atom stereocenters. The molecular formula is C18H18FN3O2. The van der Waals surface area contributed by atoms with E-state index in [4.69, 9.17) is 5.11 Å². The van der Waals surface area contributed by atoms with Gasteiger partial charge in [0.1, 0.15) is 11.6 Å². The number of aromatic nitrogens is 1. The van der Waals surface area contributed by atoms with Crippen LogP contribution in [-0.2, 0) is 0 Å². The summed E-state index contributed by atoms with van der Waals surface area (Å²) in [6.45, 7) is 0.0653. The van der Waals surface area contributed by atoms with Crippen LogP contribution < -0.4 is 10.6 Å². The Kier molecular flexibility index (Phi) is 4.86. The minimum atomic E-state index is -0.418. The fourth-order valence-electron chi connectivity index (χ4n) is 2.64. The lowest BCUT2D eigenvalue weighted by Gasteiger charge is -2.15. The highest BCUT2D eigenvalue weighted by molar-refractivity contribution is 5.99. The first-order chi connectivity index (χ1) is 11.7. The second kappa shape index (κ2) is 7.23. The third kappa shape index (κ3) is 3.60. The van der Waals surface area contributed by atoms with Crippen LogP contribution >= 0.6 is 0 Å². The van der Waals surface area contributed by atoms with Crippen molar-refractivity contribution in [1.29, 1.82) is 0 Å². The largest absolute Gasteiger partial charge is 0.396 e. The minimum absolute atomic E-state index is 0.0653. The maximum Gasteiger partial charge on any atom is 0.255 e. The summed E-state index contributed by atoms with van der Waals surface area (Å²) in [6.07, 6.45) is 5.97. The van der Waals surface area contributed by atoms with Crippen LogP contribution in [0.1, 0.15) is 16.8 Å². The molecule has 3 rings (SSSR count). The van der Waals surface area contributed by atoms with Gasteiger partial charge in [0.25, 0.3) is 5.91 Å². The van der Waals surface area contributed by atoms with Gasteiger partial charge in [-0.2, -0.15) is 0 Å². The topological polar surface area (TPSA) is 74.2 Å². The van der Waals surface area contributed by atoms with Crippen molar-refractivity contribution in [3.8, 4) is 0 Å². The van der Waals surface area contributed by atoms with Crippen LogP contribution in [-0.4, -0.2) is 28.6 Å². The van der Waals surface area contributed by atoms with Crippen molar-refractivity contribution in [2.24, 2.45) is 5.92 Å². The number of aliphatic hydroxyl groups is 1. The van der Waals surface area contributed by atoms with Gasteiger partial charge in [-0.25, -0.2) is 9.37 Å². The molecule has 24 heavy (non-hydrogen) atoms. The summed E-state index contributed by atoms with van der Waals surface area (Å²) in [6, 6.07) is 9.37. The van der Waals surface area contributed by atoms with Crippen LogP contribution in [0.15, 0.2) is 54.7 Å². The van der Waals surface area contributed by atoms with E-state index in [1.165, 1.54) is 12.3 Å². The highest BCUT2D eigenvalue weighted by atomic mass is 19.1. The van der Waals surface area contributed by atoms with E-state index >= 15 is 0 Å². The monoisotopic (exact) mass is 327 g/mol. The molecule has 1 aliphatic rings. The normalized spacial score (nSPS) is 19.2. The number of amides is 1. The van der Waals surface area contributed by atoms with Gasteiger partial charge >= 0.3 is 0 Å². The van der Waals surface area contributed by atoms with E-state index in [2.05, 4.69) is 15.6 Å². The van der Waals surface area contributed by atoms with Gasteiger partial charge in [0, 0.05) is 24.8 Å². The molecule has 0 radical (unpaired) electrons. The van der Waals surface area contributed by atoms with Crippen LogP contribution in [0.2, 0.25) is 0 Å². The Morgan fingerprint density at radius 3 is 2.83 bits per heavy atom. The van der Waals surface area contributed by atoms with Gasteiger partial charge in [0.15, 0.2) is 0 Å². The minimum Gasteiger partial charge on any atom is -0.396 e. The highest BCUT2D eigenvalue weighted by Crippen LogP contribution is 2.22. The Balaban J connectivity index is 1.75. The Hall–Kier alpha value is -2.73. The number of hydrogen-bond acceptors (Lipinski definition) is 4. The second-order valence-electron chi connectivity index (χ2n) is 5.65. The summed E-state index contributed by atoms with van der Waals surface area (Å²) in [7, 11) is 0. The van der Waals surface area contributed by atoms with E-state index < -0.39 is 5.82 Å². The van der Waals surface area contributed by atoms with Crippen LogP contribution in [0.3, 0.4) is 0 Å². The lowest BCUT2D eigenvalue weighted by Crippen LogP contribution is -2.33. The average molecular weight is 327 g/mol. The predicted molar refractivity (Wildman–Crippen MR) is 89.5 cm³/mol. The fourth-order valence-corrected chi connectivity index (χ4v) is 2.64. The van der Waals surface area contributed by atoms with Crippen molar-refractivity contribution in [2.75, 3.05) is 11.9 Å². The number of carbonyl (C=O) groups is 1. The van der Waals surface area contributed by atoms with Gasteiger partial charge in [-0.1, -0.05) is 24.3 Å². The molecule has 1 aromatic carbocycles. The Labute approximate surface area is 139 Å². The number of rotatable bonds is 5. The summed E-state index contributed by atoms with van der Waals surface area (Å²) < 4.78 is 13.8. The molecule has 1 aromatic heterocycles. The molecule has 0 aliphatic heterocycles. The molecule has 0 unspecified atom stereocenters. The number of pyridine rings is 1. The molecule has 0 saturated carbocycles. The fraction of sp³-hybridized carbons (Fsp3) is 0.222. The van der Waals surface area contributed by atoms with Crippen LogP contribution in [0.5, 0.6) is 0 Å². The van der Waals surface area contributed by atoms with Gasteiger partial charge in [0.2, 0.25) is 0 Å². The van der Waals surface area contributed by atoms with E-state index in [1.807, 2.05) is 12.2 Å². The average Bonchev–Trinajstić information content (AvgIpc) is 3.05. The maximum absolute atomic E-state index is 13.8. The van der Waals surface area contributed by atoms with Gasteiger partial charge in [-0.3, -0.25) is 4.79 Å². The predicted octanol–water partition coefficient (Wildman–Crippen LogP) is 2.63. The van der Waals surface area contributed by atoms with Gasteiger partial charge in [-0.05, 0) is 30.7 Å². The molecule has 0 fully saturated rings. The molecule has 1 amide bonds. The Bertz CT molecular complexity index is 763. The van der Waals surface area contributed by atoms with Crippen LogP contribution in [0.4, 0.5) is 15.9 Å². The van der Waals surface area contributed by atoms with Gasteiger partial charge < -0.3 is 15.7 Å². The number of benzene rings is 1. The van der Waals surface area contributed by atoms with E-state index in [0.717, 1.165) is 0 Å². The quantitative estimate of drug-likeness (QED) is 0.738. The molecule has 124 valence electrons. The lowest BCUT2D eigenvalue weighted by atomic mass is 10.1. The third-order valence-electron chi connectivity index (χ3n) is 3.90. The zero-order valence-electron chi connectivity index (χ0n) is 12.9. The van der Waals surface area contributed by atoms with E-state index in [0.29, 0.717) is 17.8 Å². The molecule has 0 saturated heterocycles. The lowest BCUT2D eigenvalue weighted by molar-refractivity contribution is 0.0941. The zero-order valence-corrected chi connectivity index (χ0v) is 12.9. The van der Waals surface area contributed by atoms with Crippen molar-refractivity contribution >= 4 is 17.4 Å². The smallest absolute Gasteiger partial charge is 0.255 e. The van der Waals surface area contributed by atoms with E-state index in [1.54, 1.807) is 30.3 Å². The number of nitrogens with zero attached hydrogens (tertiary/aromatic N) is 1. The van der Waals surface area contributed by atoms with E-state index in [9.17, 15) is 9.18 Å². The van der Waals surface area contributed by atoms with Crippen molar-refractivity contribution in [2.45, 2.75) is 12.5 Å². The SMILES string of the molecule is O=C(N[C@@H]1C=C[C@H](CO)C1)c1cccnc1Nc1ccccc1F. The summed E-state index contributed by atoms with van der Waals surface area (Å²) in [4.78, 5) is 16.7. The standard InChI is InChI=1S/C18H18FN3O2/c19-15-5-1-2-6-16(15)22-17-14(4-3-9-20-17)18(24)21-13-8-7-12(10-13)11-23/h1-9,12-13,23H,10-11H2,(H,20,22)(H,21,24)/t12-,13+/m0/s1. The molecule has 0 bridgehead atoms. The van der Waals surface area contributed by atoms with Gasteiger partial charge in [0.05, 0.1) is 11.3 Å². The van der Waals surface area contributed by atoms with Crippen molar-refractivity contribution in [1.82, 2.24) is 10.3 Å². The third-order valence-corrected chi connectivity index (χ3v) is 3.90. The maximum atomic E-state index is 13.8. The first-order valence-corrected chi connectivity index (χ1v) is 7.74. The highest BCUT2D eigenvalue weighted by Gasteiger charge is 2.22. The number of anilines is 2. The summed E-state index contributed by atoms with van der Waals surface area (Å²) in [5.41, 5.74) is 0.591. The Morgan fingerprint density at radius 1 is 1.25 bits per heavy atom. The van der Waals surface area contributed by atoms with E-state index in [-0.39, 0.29) is 30.2 Å². The summed E-state index contributed by atoms with van der Waals surface area (Å²) >= 11 is 0. The molecule has 2 aromatic rings. The van der Waals surface area contributed by atoms with Crippen LogP contribution in [0, 0.1) is 11.7 Å². The number of nitrogens with one attached hydrogen (secondary N) is 2. The molecule has 3 N–H and O–H groups in total. The molecule has 6 heteroatoms. The van der Waals surface area contributed by atoms with Crippen molar-refractivity contribution < 1.29 is 14.3 Å². The zero-order chi connectivity index (χ0) is 16.9. The number of para-hydroxylation sites is 1. The molecule has 5 nitrogen and oxygen atoms in total. The molecular weight excluding hydrogens is 309 g/mol.